The summed E-state index contributed by atoms with van der Waals surface area (Å²) in [4.78, 5) is 36.3. The van der Waals surface area contributed by atoms with Crippen molar-refractivity contribution in [3.05, 3.63) is 81.6 Å². The number of rotatable bonds is 5. The molecule has 1 amide bonds. The summed E-state index contributed by atoms with van der Waals surface area (Å²) in [6.45, 7) is 0.386. The first-order valence-corrected chi connectivity index (χ1v) is 9.43. The Labute approximate surface area is 175 Å². The van der Waals surface area contributed by atoms with Crippen LogP contribution >= 0.6 is 23.2 Å². The van der Waals surface area contributed by atoms with Gasteiger partial charge in [0.15, 0.2) is 0 Å². The Bertz CT molecular complexity index is 1200. The topological polar surface area (TPSA) is 77.4 Å². The van der Waals surface area contributed by atoms with E-state index < -0.39 is 17.7 Å². The second-order valence-corrected chi connectivity index (χ2v) is 7.31. The molecule has 6 nitrogen and oxygen atoms in total. The highest BCUT2D eigenvalue weighted by Crippen LogP contribution is 2.26. The van der Waals surface area contributed by atoms with Gasteiger partial charge in [-0.05, 0) is 23.8 Å². The van der Waals surface area contributed by atoms with Crippen LogP contribution in [0.5, 0.6) is 0 Å². The van der Waals surface area contributed by atoms with Crippen LogP contribution in [0.2, 0.25) is 10.0 Å². The van der Waals surface area contributed by atoms with Crippen molar-refractivity contribution in [3.63, 3.8) is 0 Å². The van der Waals surface area contributed by atoms with Gasteiger partial charge in [-0.15, -0.1) is 0 Å². The van der Waals surface area contributed by atoms with Crippen molar-refractivity contribution in [3.8, 4) is 0 Å². The number of fused-ring (bicyclic) bond motifs is 1. The lowest BCUT2D eigenvalue weighted by Crippen LogP contribution is -2.31. The van der Waals surface area contributed by atoms with Gasteiger partial charge in [-0.3, -0.25) is 9.59 Å². The first-order chi connectivity index (χ1) is 13.9. The zero-order chi connectivity index (χ0) is 20.5. The maximum absolute atomic E-state index is 12.8. The standard InChI is InChI=1S/C21H14Cl2N2O4/c22-16-6-5-12(7-17(16)23)9-25-10-15(14-3-1-2-4-18(14)25)20(27)21(28)24-13-8-19(26)29-11-13/h1-8,10H,9,11H2,(H,24,28). The summed E-state index contributed by atoms with van der Waals surface area (Å²) < 4.78 is 6.60. The van der Waals surface area contributed by atoms with Gasteiger partial charge in [0.05, 0.1) is 21.3 Å². The van der Waals surface area contributed by atoms with Gasteiger partial charge in [-0.25, -0.2) is 4.79 Å². The van der Waals surface area contributed by atoms with Crippen LogP contribution in [0.25, 0.3) is 10.9 Å². The van der Waals surface area contributed by atoms with Gasteiger partial charge in [0.25, 0.3) is 11.7 Å². The van der Waals surface area contributed by atoms with Gasteiger partial charge in [-0.2, -0.15) is 0 Å². The Kier molecular flexibility index (Phi) is 5.13. The second-order valence-electron chi connectivity index (χ2n) is 6.50. The van der Waals surface area contributed by atoms with E-state index in [1.54, 1.807) is 30.5 Å². The van der Waals surface area contributed by atoms with Gasteiger partial charge in [0, 0.05) is 29.7 Å². The van der Waals surface area contributed by atoms with E-state index in [1.165, 1.54) is 0 Å². The van der Waals surface area contributed by atoms with E-state index in [0.717, 1.165) is 17.2 Å². The van der Waals surface area contributed by atoms with Crippen LogP contribution < -0.4 is 5.32 Å². The van der Waals surface area contributed by atoms with E-state index >= 15 is 0 Å². The lowest BCUT2D eigenvalue weighted by molar-refractivity contribution is -0.135. The molecule has 0 saturated carbocycles. The molecule has 29 heavy (non-hydrogen) atoms. The molecule has 0 radical (unpaired) electrons. The predicted octanol–water partition coefficient (Wildman–Crippen LogP) is 3.74. The number of esters is 1. The molecule has 0 bridgehead atoms. The average molecular weight is 429 g/mol. The molecule has 0 unspecified atom stereocenters. The normalized spacial score (nSPS) is 13.3. The SMILES string of the molecule is O=C1C=C(NC(=O)C(=O)c2cn(Cc3ccc(Cl)c(Cl)c3)c3ccccc23)CO1. The van der Waals surface area contributed by atoms with Gasteiger partial charge in [0.1, 0.15) is 6.61 Å². The summed E-state index contributed by atoms with van der Waals surface area (Å²) >= 11 is 12.1. The number of aromatic nitrogens is 1. The summed E-state index contributed by atoms with van der Waals surface area (Å²) in [5, 5.41) is 3.99. The molecule has 4 rings (SSSR count). The molecule has 0 saturated heterocycles. The fourth-order valence-corrected chi connectivity index (χ4v) is 3.49. The van der Waals surface area contributed by atoms with E-state index in [0.29, 0.717) is 22.0 Å². The Morgan fingerprint density at radius 2 is 1.90 bits per heavy atom. The molecule has 3 aromatic rings. The summed E-state index contributed by atoms with van der Waals surface area (Å²) in [5.74, 6) is -2.08. The van der Waals surface area contributed by atoms with Crippen LogP contribution in [0, 0.1) is 0 Å². The van der Waals surface area contributed by atoms with Crippen LogP contribution in [-0.2, 0) is 20.9 Å². The van der Waals surface area contributed by atoms with E-state index in [1.807, 2.05) is 22.8 Å². The molecule has 8 heteroatoms. The number of amides is 1. The Morgan fingerprint density at radius 1 is 1.10 bits per heavy atom. The zero-order valence-corrected chi connectivity index (χ0v) is 16.5. The number of hydrogen-bond acceptors (Lipinski definition) is 4. The van der Waals surface area contributed by atoms with Crippen LogP contribution in [0.1, 0.15) is 15.9 Å². The minimum absolute atomic E-state index is 0.0586. The highest BCUT2D eigenvalue weighted by molar-refractivity contribution is 6.45. The molecule has 1 N–H and O–H groups in total. The van der Waals surface area contributed by atoms with E-state index in [9.17, 15) is 14.4 Å². The number of ether oxygens (including phenoxy) is 1. The van der Waals surface area contributed by atoms with Gasteiger partial charge >= 0.3 is 5.97 Å². The number of hydrogen-bond donors (Lipinski definition) is 1. The molecule has 146 valence electrons. The van der Waals surface area contributed by atoms with Crippen molar-refractivity contribution in [1.82, 2.24) is 9.88 Å². The monoisotopic (exact) mass is 428 g/mol. The molecule has 0 aliphatic carbocycles. The molecular formula is C21H14Cl2N2O4. The maximum atomic E-state index is 12.8. The molecule has 2 aromatic carbocycles. The largest absolute Gasteiger partial charge is 0.456 e. The third kappa shape index (κ3) is 3.90. The minimum atomic E-state index is -0.827. The van der Waals surface area contributed by atoms with Crippen LogP contribution in [0.15, 0.2) is 60.4 Å². The number of halogens is 2. The third-order valence-corrected chi connectivity index (χ3v) is 5.25. The van der Waals surface area contributed by atoms with Gasteiger partial charge in [-0.1, -0.05) is 47.5 Å². The number of benzene rings is 2. The summed E-state index contributed by atoms with van der Waals surface area (Å²) in [5.41, 5.74) is 2.22. The molecule has 0 spiro atoms. The van der Waals surface area contributed by atoms with Crippen LogP contribution in [0.3, 0.4) is 0 Å². The average Bonchev–Trinajstić information content (AvgIpc) is 3.28. The number of para-hydroxylation sites is 1. The number of Topliss-reactive ketones (excluding diaryl/α,β-unsaturated/α-hetero) is 1. The van der Waals surface area contributed by atoms with Gasteiger partial charge in [0.2, 0.25) is 0 Å². The molecule has 1 aliphatic heterocycles. The Balaban J connectivity index is 1.65. The highest BCUT2D eigenvalue weighted by atomic mass is 35.5. The smallest absolute Gasteiger partial charge is 0.333 e. The fourth-order valence-electron chi connectivity index (χ4n) is 3.16. The number of cyclic esters (lactones) is 1. The lowest BCUT2D eigenvalue weighted by Gasteiger charge is -2.06. The van der Waals surface area contributed by atoms with E-state index in [-0.39, 0.29) is 17.9 Å². The fraction of sp³-hybridized carbons (Fsp3) is 0.0952. The van der Waals surface area contributed by atoms with Crippen LogP contribution in [-0.4, -0.2) is 28.8 Å². The minimum Gasteiger partial charge on any atom is -0.456 e. The molecule has 2 heterocycles. The van der Waals surface area contributed by atoms with Crippen LogP contribution in [0.4, 0.5) is 0 Å². The first-order valence-electron chi connectivity index (χ1n) is 8.67. The Hall–Kier alpha value is -3.09. The maximum Gasteiger partial charge on any atom is 0.333 e. The number of carbonyl (C=O) groups excluding carboxylic acids is 3. The number of nitrogens with one attached hydrogen (secondary N) is 1. The Morgan fingerprint density at radius 3 is 2.62 bits per heavy atom. The predicted molar refractivity (Wildman–Crippen MR) is 109 cm³/mol. The molecule has 0 atom stereocenters. The molecule has 1 aromatic heterocycles. The van der Waals surface area contributed by atoms with E-state index in [2.05, 4.69) is 5.32 Å². The molecule has 1 aliphatic rings. The van der Waals surface area contributed by atoms with Crippen molar-refractivity contribution in [2.45, 2.75) is 6.54 Å². The summed E-state index contributed by atoms with van der Waals surface area (Å²) in [7, 11) is 0. The zero-order valence-electron chi connectivity index (χ0n) is 14.9. The van der Waals surface area contributed by atoms with Crippen molar-refractivity contribution in [1.29, 1.82) is 0 Å². The number of nitrogens with zero attached hydrogens (tertiary/aromatic N) is 1. The second kappa shape index (κ2) is 7.73. The number of carbonyl (C=O) groups is 3. The quantitative estimate of drug-likeness (QED) is 0.381. The van der Waals surface area contributed by atoms with Gasteiger partial charge < -0.3 is 14.6 Å². The molecule has 0 fully saturated rings. The summed E-state index contributed by atoms with van der Waals surface area (Å²) in [6.07, 6.45) is 2.79. The van der Waals surface area contributed by atoms with Crippen molar-refractivity contribution < 1.29 is 19.1 Å². The van der Waals surface area contributed by atoms with E-state index in [4.69, 9.17) is 27.9 Å². The third-order valence-electron chi connectivity index (χ3n) is 4.51. The summed E-state index contributed by atoms with van der Waals surface area (Å²) in [6, 6.07) is 12.6. The van der Waals surface area contributed by atoms with Crippen molar-refractivity contribution >= 4 is 51.8 Å². The van der Waals surface area contributed by atoms with Crippen molar-refractivity contribution in [2.24, 2.45) is 0 Å². The van der Waals surface area contributed by atoms with Crippen molar-refractivity contribution in [2.75, 3.05) is 6.61 Å². The molecular weight excluding hydrogens is 415 g/mol. The first kappa shape index (κ1) is 19.2. The number of ketones is 1. The lowest BCUT2D eigenvalue weighted by atomic mass is 10.1. The highest BCUT2D eigenvalue weighted by Gasteiger charge is 2.24.